The van der Waals surface area contributed by atoms with Crippen LogP contribution < -0.4 is 0 Å². The number of hydrogen-bond acceptors (Lipinski definition) is 0. The van der Waals surface area contributed by atoms with Crippen molar-refractivity contribution in [2.75, 3.05) is 0 Å². The van der Waals surface area contributed by atoms with Gasteiger partial charge in [-0.25, -0.2) is 0 Å². The second kappa shape index (κ2) is 3.16. The summed E-state index contributed by atoms with van der Waals surface area (Å²) >= 11 is 6.03. The molecule has 0 heterocycles. The van der Waals surface area contributed by atoms with Crippen molar-refractivity contribution in [1.29, 1.82) is 0 Å². The van der Waals surface area contributed by atoms with Crippen molar-refractivity contribution in [3.8, 4) is 0 Å². The quantitative estimate of drug-likeness (QED) is 0.558. The summed E-state index contributed by atoms with van der Waals surface area (Å²) in [6.45, 7) is 11.0. The summed E-state index contributed by atoms with van der Waals surface area (Å²) in [5.74, 6) is 0. The van der Waals surface area contributed by atoms with Crippen molar-refractivity contribution in [3.63, 3.8) is 0 Å². The molecular weight excluding hydrogens is 187 g/mol. The Labute approximate surface area is 81.6 Å². The van der Waals surface area contributed by atoms with Crippen LogP contribution in [0.4, 0.5) is 0 Å². The fourth-order valence-electron chi connectivity index (χ4n) is 1.74. The number of allylic oxidation sites excluding steroid dienone is 4. The molecule has 1 atom stereocenters. The monoisotopic (exact) mass is 202 g/mol. The average molecular weight is 203 g/mol. The lowest BCUT2D eigenvalue weighted by Crippen LogP contribution is -2.17. The molecule has 0 spiro atoms. The van der Waals surface area contributed by atoms with Crippen molar-refractivity contribution in [1.82, 2.24) is 0 Å². The van der Waals surface area contributed by atoms with Crippen molar-refractivity contribution in [2.24, 2.45) is 0 Å². The number of rotatable bonds is 1. The largest absolute Gasteiger partial charge is 0.0988 e. The van der Waals surface area contributed by atoms with Crippen LogP contribution in [0.1, 0.15) is 34.6 Å². The molecule has 0 radical (unpaired) electrons. The minimum absolute atomic E-state index is 0.149. The Morgan fingerprint density at radius 2 is 1.33 bits per heavy atom. The summed E-state index contributed by atoms with van der Waals surface area (Å²) in [4.78, 5) is 0. The van der Waals surface area contributed by atoms with E-state index >= 15 is 0 Å². The van der Waals surface area contributed by atoms with Crippen LogP contribution in [0.25, 0.3) is 0 Å². The van der Waals surface area contributed by atoms with Gasteiger partial charge in [0.1, 0.15) is 0 Å². The molecule has 1 rings (SSSR count). The lowest BCUT2D eigenvalue weighted by molar-refractivity contribution is 0.874. The maximum Gasteiger partial charge on any atom is 0.0411 e. The highest BCUT2D eigenvalue weighted by atomic mass is 35.7. The summed E-state index contributed by atoms with van der Waals surface area (Å²) < 4.78 is 0. The fourth-order valence-corrected chi connectivity index (χ4v) is 3.24. The molecule has 0 aromatic carbocycles. The first-order chi connectivity index (χ1) is 5.45. The Morgan fingerprint density at radius 1 is 1.00 bits per heavy atom. The molecule has 0 fully saturated rings. The van der Waals surface area contributed by atoms with E-state index in [2.05, 4.69) is 34.6 Å². The van der Waals surface area contributed by atoms with Crippen LogP contribution in [0.15, 0.2) is 22.3 Å². The molecule has 1 unspecified atom stereocenters. The zero-order valence-corrected chi connectivity index (χ0v) is 10.1. The number of halogens is 1. The molecule has 12 heavy (non-hydrogen) atoms. The van der Waals surface area contributed by atoms with E-state index in [4.69, 9.17) is 11.2 Å². The van der Waals surface area contributed by atoms with Crippen molar-refractivity contribution in [3.05, 3.63) is 22.3 Å². The van der Waals surface area contributed by atoms with E-state index in [1.807, 2.05) is 0 Å². The molecule has 1 aliphatic carbocycles. The zero-order chi connectivity index (χ0) is 9.52. The second-order valence-corrected chi connectivity index (χ2v) is 5.48. The van der Waals surface area contributed by atoms with Crippen molar-refractivity contribution >= 4 is 19.2 Å². The van der Waals surface area contributed by atoms with E-state index in [-0.39, 0.29) is 5.16 Å². The molecule has 0 saturated carbocycles. The van der Waals surface area contributed by atoms with Gasteiger partial charge in [0.05, 0.1) is 0 Å². The van der Waals surface area contributed by atoms with E-state index in [0.29, 0.717) is 7.93 Å². The molecule has 2 heteroatoms. The standard InChI is InChI=1S/C10H16ClP/c1-6-7(2)9(4)10(5,12-11)8(6)3/h12H,1-5H3. The third-order valence-corrected chi connectivity index (χ3v) is 5.64. The van der Waals surface area contributed by atoms with E-state index in [0.717, 1.165) is 0 Å². The molecule has 0 saturated heterocycles. The summed E-state index contributed by atoms with van der Waals surface area (Å²) in [5.41, 5.74) is 5.77. The maximum atomic E-state index is 6.03. The second-order valence-electron chi connectivity index (χ2n) is 3.72. The van der Waals surface area contributed by atoms with Gasteiger partial charge in [-0.2, -0.15) is 0 Å². The Balaban J connectivity index is 3.25. The SMILES string of the molecule is CC1=C(C)C(C)(PCl)C(C)=C1C. The molecule has 0 aliphatic heterocycles. The first-order valence-corrected chi connectivity index (χ1v) is 6.20. The van der Waals surface area contributed by atoms with Gasteiger partial charge in [-0.3, -0.25) is 0 Å². The Morgan fingerprint density at radius 3 is 1.50 bits per heavy atom. The van der Waals surface area contributed by atoms with Gasteiger partial charge >= 0.3 is 0 Å². The molecule has 68 valence electrons. The van der Waals surface area contributed by atoms with Crippen molar-refractivity contribution in [2.45, 2.75) is 39.8 Å². The lowest BCUT2D eigenvalue weighted by atomic mass is 9.98. The predicted molar refractivity (Wildman–Crippen MR) is 59.3 cm³/mol. The van der Waals surface area contributed by atoms with E-state index in [1.54, 1.807) is 0 Å². The normalized spacial score (nSPS) is 23.5. The van der Waals surface area contributed by atoms with Crippen LogP contribution in [0.5, 0.6) is 0 Å². The minimum atomic E-state index is 0.149. The predicted octanol–water partition coefficient (Wildman–Crippen LogP) is 4.26. The summed E-state index contributed by atoms with van der Waals surface area (Å²) in [6.07, 6.45) is 0. The smallest absolute Gasteiger partial charge is 0.0411 e. The molecule has 1 aliphatic rings. The molecule has 0 N–H and O–H groups in total. The average Bonchev–Trinajstić information content (AvgIpc) is 2.22. The van der Waals surface area contributed by atoms with Crippen LogP contribution in [-0.4, -0.2) is 5.16 Å². The Bertz CT molecular complexity index is 250. The van der Waals surface area contributed by atoms with E-state index < -0.39 is 0 Å². The number of hydrogen-bond donors (Lipinski definition) is 0. The van der Waals surface area contributed by atoms with Crippen LogP contribution in [0.3, 0.4) is 0 Å². The fraction of sp³-hybridized carbons (Fsp3) is 0.600. The van der Waals surface area contributed by atoms with Gasteiger partial charge in [0.25, 0.3) is 0 Å². The van der Waals surface area contributed by atoms with Gasteiger partial charge in [0.15, 0.2) is 0 Å². The van der Waals surface area contributed by atoms with Crippen LogP contribution in [0, 0.1) is 0 Å². The molecule has 0 nitrogen and oxygen atoms in total. The third-order valence-electron chi connectivity index (χ3n) is 3.38. The van der Waals surface area contributed by atoms with Gasteiger partial charge in [0.2, 0.25) is 0 Å². The lowest BCUT2D eigenvalue weighted by Gasteiger charge is -2.25. The topological polar surface area (TPSA) is 0 Å². The molecule has 0 bridgehead atoms. The van der Waals surface area contributed by atoms with Gasteiger partial charge in [-0.05, 0) is 53.7 Å². The van der Waals surface area contributed by atoms with Crippen LogP contribution >= 0.6 is 19.2 Å². The van der Waals surface area contributed by atoms with Gasteiger partial charge in [-0.1, -0.05) is 22.4 Å². The first-order valence-electron chi connectivity index (χ1n) is 4.19. The highest BCUT2D eigenvalue weighted by molar-refractivity contribution is 7.70. The summed E-state index contributed by atoms with van der Waals surface area (Å²) in [7, 11) is 0.453. The van der Waals surface area contributed by atoms with Crippen LogP contribution in [0.2, 0.25) is 0 Å². The molecule has 0 aromatic heterocycles. The molecular formula is C10H16ClP. The Hall–Kier alpha value is 0.200. The van der Waals surface area contributed by atoms with E-state index in [1.165, 1.54) is 22.3 Å². The summed E-state index contributed by atoms with van der Waals surface area (Å²) in [6, 6.07) is 0. The van der Waals surface area contributed by atoms with Crippen molar-refractivity contribution < 1.29 is 0 Å². The van der Waals surface area contributed by atoms with Gasteiger partial charge in [0, 0.05) is 5.16 Å². The third kappa shape index (κ3) is 1.17. The summed E-state index contributed by atoms with van der Waals surface area (Å²) in [5, 5.41) is 0.149. The Kier molecular flexibility index (Phi) is 2.71. The highest BCUT2D eigenvalue weighted by Crippen LogP contribution is 2.53. The minimum Gasteiger partial charge on any atom is -0.0988 e. The van der Waals surface area contributed by atoms with Gasteiger partial charge < -0.3 is 0 Å². The first kappa shape index (κ1) is 10.3. The van der Waals surface area contributed by atoms with Crippen LogP contribution in [-0.2, 0) is 0 Å². The maximum absolute atomic E-state index is 6.03. The van der Waals surface area contributed by atoms with E-state index in [9.17, 15) is 0 Å². The van der Waals surface area contributed by atoms with Gasteiger partial charge in [-0.15, -0.1) is 0 Å². The zero-order valence-electron chi connectivity index (χ0n) is 8.38. The highest BCUT2D eigenvalue weighted by Gasteiger charge is 2.35. The molecule has 0 aromatic rings. The molecule has 0 amide bonds.